The first-order valence-electron chi connectivity index (χ1n) is 7.82. The van der Waals surface area contributed by atoms with Crippen LogP contribution in [0, 0.1) is 0 Å². The Morgan fingerprint density at radius 3 is 2.42 bits per heavy atom. The zero-order valence-corrected chi connectivity index (χ0v) is 16.0. The molecule has 0 fully saturated rings. The summed E-state index contributed by atoms with van der Waals surface area (Å²) in [6.07, 6.45) is 1.61. The van der Waals surface area contributed by atoms with E-state index < -0.39 is 0 Å². The summed E-state index contributed by atoms with van der Waals surface area (Å²) in [7, 11) is 0. The maximum Gasteiger partial charge on any atom is 0.174 e. The molecule has 134 valence electrons. The van der Waals surface area contributed by atoms with Gasteiger partial charge in [0.15, 0.2) is 5.11 Å². The SMILES string of the molecule is Oc1ccccc1CN(Cc1ccco1)C(=S)Nc1cc(Cl)cc(Cl)c1. The summed E-state index contributed by atoms with van der Waals surface area (Å²) in [6.45, 7) is 0.856. The minimum absolute atomic E-state index is 0.213. The summed E-state index contributed by atoms with van der Waals surface area (Å²) in [5, 5.41) is 14.7. The second-order valence-corrected chi connectivity index (χ2v) is 6.91. The molecular weight excluding hydrogens is 391 g/mol. The van der Waals surface area contributed by atoms with Crippen LogP contribution >= 0.6 is 35.4 Å². The van der Waals surface area contributed by atoms with E-state index in [-0.39, 0.29) is 5.75 Å². The van der Waals surface area contributed by atoms with Crippen molar-refractivity contribution < 1.29 is 9.52 Å². The molecule has 0 unspecified atom stereocenters. The lowest BCUT2D eigenvalue weighted by atomic mass is 10.2. The minimum atomic E-state index is 0.213. The predicted octanol–water partition coefficient (Wildman–Crippen LogP) is 5.69. The van der Waals surface area contributed by atoms with E-state index in [1.54, 1.807) is 36.6 Å². The van der Waals surface area contributed by atoms with Crippen LogP contribution in [0.5, 0.6) is 5.75 Å². The van der Waals surface area contributed by atoms with Gasteiger partial charge in [0.05, 0.1) is 12.8 Å². The molecule has 26 heavy (non-hydrogen) atoms. The van der Waals surface area contributed by atoms with Crippen LogP contribution in [0.15, 0.2) is 65.3 Å². The highest BCUT2D eigenvalue weighted by Crippen LogP contribution is 2.24. The van der Waals surface area contributed by atoms with E-state index in [4.69, 9.17) is 39.8 Å². The van der Waals surface area contributed by atoms with Crippen molar-refractivity contribution in [3.05, 3.63) is 82.2 Å². The largest absolute Gasteiger partial charge is 0.508 e. The van der Waals surface area contributed by atoms with Crippen LogP contribution < -0.4 is 5.32 Å². The number of hydrogen-bond donors (Lipinski definition) is 2. The van der Waals surface area contributed by atoms with Crippen LogP contribution in [0.25, 0.3) is 0 Å². The summed E-state index contributed by atoms with van der Waals surface area (Å²) in [5.74, 6) is 0.972. The Morgan fingerprint density at radius 2 is 1.77 bits per heavy atom. The molecule has 7 heteroatoms. The van der Waals surface area contributed by atoms with Gasteiger partial charge in [-0.25, -0.2) is 0 Å². The fraction of sp³-hybridized carbons (Fsp3) is 0.105. The molecule has 1 heterocycles. The number of phenolic OH excluding ortho intramolecular Hbond substituents is 1. The van der Waals surface area contributed by atoms with Crippen molar-refractivity contribution in [2.75, 3.05) is 5.32 Å². The molecule has 0 aliphatic carbocycles. The average Bonchev–Trinajstić information content (AvgIpc) is 3.08. The summed E-state index contributed by atoms with van der Waals surface area (Å²) in [4.78, 5) is 1.89. The molecule has 0 amide bonds. The van der Waals surface area contributed by atoms with Gasteiger partial charge in [0.25, 0.3) is 0 Å². The smallest absolute Gasteiger partial charge is 0.174 e. The van der Waals surface area contributed by atoms with Gasteiger partial charge in [-0.2, -0.15) is 0 Å². The lowest BCUT2D eigenvalue weighted by molar-refractivity contribution is 0.353. The number of nitrogens with one attached hydrogen (secondary N) is 1. The summed E-state index contributed by atoms with van der Waals surface area (Å²) in [6, 6.07) is 16.0. The fourth-order valence-corrected chi connectivity index (χ4v) is 3.24. The number of anilines is 1. The Bertz CT molecular complexity index is 880. The first-order valence-corrected chi connectivity index (χ1v) is 8.99. The summed E-state index contributed by atoms with van der Waals surface area (Å²) < 4.78 is 5.44. The molecule has 0 bridgehead atoms. The van der Waals surface area contributed by atoms with E-state index in [0.29, 0.717) is 33.9 Å². The molecular formula is C19H16Cl2N2O2S. The molecule has 2 N–H and O–H groups in total. The normalized spacial score (nSPS) is 10.5. The van der Waals surface area contributed by atoms with E-state index in [1.165, 1.54) is 0 Å². The Labute approximate surface area is 167 Å². The molecule has 0 atom stereocenters. The fourth-order valence-electron chi connectivity index (χ4n) is 2.47. The molecule has 1 aromatic heterocycles. The van der Waals surface area contributed by atoms with Crippen molar-refractivity contribution in [3.63, 3.8) is 0 Å². The highest BCUT2D eigenvalue weighted by molar-refractivity contribution is 7.80. The first-order chi connectivity index (χ1) is 12.5. The summed E-state index contributed by atoms with van der Waals surface area (Å²) in [5.41, 5.74) is 1.45. The van der Waals surface area contributed by atoms with Crippen LogP contribution in [-0.2, 0) is 13.1 Å². The molecule has 0 saturated heterocycles. The van der Waals surface area contributed by atoms with Crippen molar-refractivity contribution in [3.8, 4) is 5.75 Å². The van der Waals surface area contributed by atoms with Crippen LogP contribution in [-0.4, -0.2) is 15.1 Å². The van der Waals surface area contributed by atoms with Gasteiger partial charge < -0.3 is 19.7 Å². The zero-order valence-electron chi connectivity index (χ0n) is 13.7. The van der Waals surface area contributed by atoms with Crippen molar-refractivity contribution in [1.29, 1.82) is 0 Å². The molecule has 0 spiro atoms. The van der Waals surface area contributed by atoms with Gasteiger partial charge >= 0.3 is 0 Å². The molecule has 4 nitrogen and oxygen atoms in total. The molecule has 0 aliphatic heterocycles. The molecule has 2 aromatic carbocycles. The van der Waals surface area contributed by atoms with Gasteiger partial charge in [0.1, 0.15) is 11.5 Å². The Hall–Kier alpha value is -2.21. The molecule has 3 rings (SSSR count). The van der Waals surface area contributed by atoms with Crippen LogP contribution in [0.4, 0.5) is 5.69 Å². The Morgan fingerprint density at radius 1 is 1.04 bits per heavy atom. The van der Waals surface area contributed by atoms with Crippen molar-refractivity contribution in [2.24, 2.45) is 0 Å². The minimum Gasteiger partial charge on any atom is -0.508 e. The number of furan rings is 1. The Balaban J connectivity index is 1.81. The number of benzene rings is 2. The number of aromatic hydroxyl groups is 1. The van der Waals surface area contributed by atoms with Crippen molar-refractivity contribution in [2.45, 2.75) is 13.1 Å². The van der Waals surface area contributed by atoms with Gasteiger partial charge in [-0.1, -0.05) is 41.4 Å². The molecule has 0 aliphatic rings. The van der Waals surface area contributed by atoms with Crippen molar-refractivity contribution in [1.82, 2.24) is 4.90 Å². The Kier molecular flexibility index (Phi) is 6.04. The van der Waals surface area contributed by atoms with Gasteiger partial charge in [-0.05, 0) is 48.6 Å². The van der Waals surface area contributed by atoms with E-state index in [1.807, 2.05) is 29.2 Å². The molecule has 0 saturated carbocycles. The number of para-hydroxylation sites is 1. The second-order valence-electron chi connectivity index (χ2n) is 5.65. The predicted molar refractivity (Wildman–Crippen MR) is 109 cm³/mol. The van der Waals surface area contributed by atoms with E-state index in [0.717, 1.165) is 11.3 Å². The third kappa shape index (κ3) is 4.91. The van der Waals surface area contributed by atoms with Crippen LogP contribution in [0.3, 0.4) is 0 Å². The maximum absolute atomic E-state index is 10.1. The second kappa shape index (κ2) is 8.45. The van der Waals surface area contributed by atoms with Crippen LogP contribution in [0.1, 0.15) is 11.3 Å². The number of halogens is 2. The first kappa shape index (κ1) is 18.6. The quantitative estimate of drug-likeness (QED) is 0.532. The highest BCUT2D eigenvalue weighted by Gasteiger charge is 2.15. The van der Waals surface area contributed by atoms with E-state index >= 15 is 0 Å². The van der Waals surface area contributed by atoms with Gasteiger partial charge in [0, 0.05) is 27.8 Å². The summed E-state index contributed by atoms with van der Waals surface area (Å²) >= 11 is 17.7. The van der Waals surface area contributed by atoms with Crippen molar-refractivity contribution >= 4 is 46.2 Å². The van der Waals surface area contributed by atoms with Gasteiger partial charge in [0.2, 0.25) is 0 Å². The lowest BCUT2D eigenvalue weighted by Gasteiger charge is -2.25. The van der Waals surface area contributed by atoms with E-state index in [9.17, 15) is 5.11 Å². The van der Waals surface area contributed by atoms with Gasteiger partial charge in [-0.15, -0.1) is 0 Å². The van der Waals surface area contributed by atoms with Gasteiger partial charge in [-0.3, -0.25) is 0 Å². The monoisotopic (exact) mass is 406 g/mol. The standard InChI is InChI=1S/C19H16Cl2N2O2S/c20-14-8-15(21)10-16(9-14)22-19(26)23(12-17-5-3-7-25-17)11-13-4-1-2-6-18(13)24/h1-10,24H,11-12H2,(H,22,26). The average molecular weight is 407 g/mol. The number of rotatable bonds is 5. The lowest BCUT2D eigenvalue weighted by Crippen LogP contribution is -2.33. The zero-order chi connectivity index (χ0) is 18.5. The molecule has 0 radical (unpaired) electrons. The highest BCUT2D eigenvalue weighted by atomic mass is 35.5. The third-order valence-electron chi connectivity index (χ3n) is 3.68. The number of phenols is 1. The number of hydrogen-bond acceptors (Lipinski definition) is 3. The number of nitrogens with zero attached hydrogens (tertiary/aromatic N) is 1. The number of thiocarbonyl (C=S) groups is 1. The third-order valence-corrected chi connectivity index (χ3v) is 4.48. The topological polar surface area (TPSA) is 48.6 Å². The van der Waals surface area contributed by atoms with Crippen LogP contribution in [0.2, 0.25) is 10.0 Å². The maximum atomic E-state index is 10.1. The molecule has 3 aromatic rings. The van der Waals surface area contributed by atoms with E-state index in [2.05, 4.69) is 5.32 Å².